The van der Waals surface area contributed by atoms with Gasteiger partial charge in [-0.05, 0) is 13.3 Å². The fourth-order valence-corrected chi connectivity index (χ4v) is 1.27. The van der Waals surface area contributed by atoms with Crippen LogP contribution in [0.3, 0.4) is 0 Å². The van der Waals surface area contributed by atoms with Crippen molar-refractivity contribution >= 4 is 11.9 Å². The van der Waals surface area contributed by atoms with Crippen LogP contribution < -0.4 is 5.73 Å². The molecule has 0 aromatic carbocycles. The highest BCUT2D eigenvalue weighted by Gasteiger charge is 2.20. The number of amides is 1. The third kappa shape index (κ3) is 5.37. The van der Waals surface area contributed by atoms with E-state index in [0.717, 1.165) is 6.42 Å². The first kappa shape index (κ1) is 13.9. The van der Waals surface area contributed by atoms with E-state index in [1.165, 1.54) is 0 Å². The molecule has 1 amide bonds. The molecule has 0 saturated heterocycles. The molecule has 0 spiro atoms. The van der Waals surface area contributed by atoms with E-state index in [2.05, 4.69) is 0 Å². The minimum absolute atomic E-state index is 0.0490. The van der Waals surface area contributed by atoms with E-state index >= 15 is 0 Å². The van der Waals surface area contributed by atoms with Crippen LogP contribution in [0.1, 0.15) is 27.2 Å². The van der Waals surface area contributed by atoms with Crippen LogP contribution in [0.2, 0.25) is 0 Å². The number of aliphatic carboxylic acids is 1. The minimum Gasteiger partial charge on any atom is -0.480 e. The van der Waals surface area contributed by atoms with Gasteiger partial charge in [-0.2, -0.15) is 0 Å². The second-order valence-corrected chi connectivity index (χ2v) is 3.88. The lowest BCUT2D eigenvalue weighted by atomic mass is 10.1. The van der Waals surface area contributed by atoms with Gasteiger partial charge in [0.05, 0.1) is 6.54 Å². The van der Waals surface area contributed by atoms with E-state index in [9.17, 15) is 9.59 Å². The molecule has 0 saturated carbocycles. The van der Waals surface area contributed by atoms with E-state index in [1.54, 1.807) is 11.8 Å². The van der Waals surface area contributed by atoms with E-state index in [4.69, 9.17) is 10.8 Å². The molecule has 0 aliphatic rings. The number of hydrogen-bond donors (Lipinski definition) is 2. The molecule has 2 unspecified atom stereocenters. The highest BCUT2D eigenvalue weighted by Crippen LogP contribution is 2.07. The Labute approximate surface area is 90.2 Å². The number of primary amides is 1. The smallest absolute Gasteiger partial charge is 0.317 e. The molecule has 0 aromatic heterocycles. The Morgan fingerprint density at radius 1 is 1.40 bits per heavy atom. The maximum Gasteiger partial charge on any atom is 0.317 e. The molecule has 0 radical (unpaired) electrons. The van der Waals surface area contributed by atoms with Crippen LogP contribution in [0.4, 0.5) is 0 Å². The maximum absolute atomic E-state index is 10.9. The Morgan fingerprint density at radius 2 is 1.93 bits per heavy atom. The van der Waals surface area contributed by atoms with Gasteiger partial charge in [-0.1, -0.05) is 13.8 Å². The summed E-state index contributed by atoms with van der Waals surface area (Å²) in [6, 6.07) is 0.142. The Morgan fingerprint density at radius 3 is 2.27 bits per heavy atom. The van der Waals surface area contributed by atoms with Gasteiger partial charge in [0.15, 0.2) is 0 Å². The number of hydrogen-bond acceptors (Lipinski definition) is 3. The minimum atomic E-state index is -0.882. The van der Waals surface area contributed by atoms with Crippen molar-refractivity contribution in [2.45, 2.75) is 33.2 Å². The normalized spacial score (nSPS) is 14.9. The van der Waals surface area contributed by atoms with Gasteiger partial charge in [0.2, 0.25) is 5.91 Å². The number of carbonyl (C=O) groups is 2. The first-order valence-electron chi connectivity index (χ1n) is 5.13. The van der Waals surface area contributed by atoms with Crippen molar-refractivity contribution in [2.75, 3.05) is 13.1 Å². The molecule has 5 nitrogen and oxygen atoms in total. The molecule has 0 rings (SSSR count). The van der Waals surface area contributed by atoms with Crippen molar-refractivity contribution in [3.63, 3.8) is 0 Å². The molecular formula is C10H20N2O3. The van der Waals surface area contributed by atoms with E-state index in [1.807, 2.05) is 13.8 Å². The first-order chi connectivity index (χ1) is 6.88. The summed E-state index contributed by atoms with van der Waals surface area (Å²) in [5, 5.41) is 8.72. The molecule has 2 atom stereocenters. The third-order valence-corrected chi connectivity index (χ3v) is 2.55. The summed E-state index contributed by atoms with van der Waals surface area (Å²) < 4.78 is 0. The summed E-state index contributed by atoms with van der Waals surface area (Å²) in [7, 11) is 0. The Hall–Kier alpha value is -1.10. The van der Waals surface area contributed by atoms with Crippen molar-refractivity contribution in [3.05, 3.63) is 0 Å². The van der Waals surface area contributed by atoms with Crippen LogP contribution >= 0.6 is 0 Å². The molecule has 5 heteroatoms. The van der Waals surface area contributed by atoms with Gasteiger partial charge in [0.25, 0.3) is 0 Å². The zero-order valence-corrected chi connectivity index (χ0v) is 9.56. The lowest BCUT2D eigenvalue weighted by Gasteiger charge is -2.28. The highest BCUT2D eigenvalue weighted by atomic mass is 16.4. The van der Waals surface area contributed by atoms with Crippen molar-refractivity contribution in [1.29, 1.82) is 0 Å². The Balaban J connectivity index is 4.36. The Kier molecular flexibility index (Phi) is 5.93. The predicted molar refractivity (Wildman–Crippen MR) is 57.3 cm³/mol. The summed E-state index contributed by atoms with van der Waals surface area (Å²) in [6.45, 7) is 5.98. The highest BCUT2D eigenvalue weighted by molar-refractivity contribution is 5.76. The predicted octanol–water partition coefficient (Wildman–Crippen LogP) is 0.293. The van der Waals surface area contributed by atoms with E-state index in [-0.39, 0.29) is 18.5 Å². The molecular weight excluding hydrogens is 196 g/mol. The lowest BCUT2D eigenvalue weighted by Crippen LogP contribution is -2.42. The molecule has 88 valence electrons. The van der Waals surface area contributed by atoms with E-state index < -0.39 is 11.9 Å². The SMILES string of the molecule is CCC(C)N(CC(=O)O)CC(C)C(N)=O. The van der Waals surface area contributed by atoms with Gasteiger partial charge in [-0.15, -0.1) is 0 Å². The summed E-state index contributed by atoms with van der Waals surface area (Å²) in [5.74, 6) is -1.60. The van der Waals surface area contributed by atoms with Gasteiger partial charge in [-0.25, -0.2) is 0 Å². The monoisotopic (exact) mass is 216 g/mol. The molecule has 0 heterocycles. The number of nitrogens with two attached hydrogens (primary N) is 1. The molecule has 0 aliphatic heterocycles. The van der Waals surface area contributed by atoms with Gasteiger partial charge in [-0.3, -0.25) is 14.5 Å². The van der Waals surface area contributed by atoms with Crippen LogP contribution in [-0.2, 0) is 9.59 Å². The largest absolute Gasteiger partial charge is 0.480 e. The number of nitrogens with zero attached hydrogens (tertiary/aromatic N) is 1. The molecule has 3 N–H and O–H groups in total. The number of carbonyl (C=O) groups excluding carboxylic acids is 1. The van der Waals surface area contributed by atoms with Crippen LogP contribution in [0.15, 0.2) is 0 Å². The van der Waals surface area contributed by atoms with Crippen LogP contribution in [0.25, 0.3) is 0 Å². The van der Waals surface area contributed by atoms with E-state index in [0.29, 0.717) is 6.54 Å². The van der Waals surface area contributed by atoms with Crippen molar-refractivity contribution in [1.82, 2.24) is 4.90 Å². The first-order valence-corrected chi connectivity index (χ1v) is 5.13. The van der Waals surface area contributed by atoms with Crippen molar-refractivity contribution in [2.24, 2.45) is 11.7 Å². The molecule has 0 aromatic rings. The average molecular weight is 216 g/mol. The fourth-order valence-electron chi connectivity index (χ4n) is 1.27. The number of carboxylic acid groups (broad SMARTS) is 1. The topological polar surface area (TPSA) is 83.6 Å². The molecule has 0 bridgehead atoms. The second kappa shape index (κ2) is 6.40. The summed E-state index contributed by atoms with van der Waals surface area (Å²) >= 11 is 0. The van der Waals surface area contributed by atoms with Crippen molar-refractivity contribution < 1.29 is 14.7 Å². The van der Waals surface area contributed by atoms with Crippen molar-refractivity contribution in [3.8, 4) is 0 Å². The third-order valence-electron chi connectivity index (χ3n) is 2.55. The van der Waals surface area contributed by atoms with Gasteiger partial charge < -0.3 is 10.8 Å². The summed E-state index contributed by atoms with van der Waals surface area (Å²) in [4.78, 5) is 23.3. The summed E-state index contributed by atoms with van der Waals surface area (Å²) in [5.41, 5.74) is 5.14. The second-order valence-electron chi connectivity index (χ2n) is 3.88. The number of carboxylic acids is 1. The molecule has 0 aliphatic carbocycles. The Bertz CT molecular complexity index is 231. The maximum atomic E-state index is 10.9. The van der Waals surface area contributed by atoms with Gasteiger partial charge >= 0.3 is 5.97 Å². The zero-order valence-electron chi connectivity index (χ0n) is 9.56. The summed E-state index contributed by atoms with van der Waals surface area (Å²) in [6.07, 6.45) is 0.846. The zero-order chi connectivity index (χ0) is 12.0. The van der Waals surface area contributed by atoms with Crippen LogP contribution in [0, 0.1) is 5.92 Å². The standard InChI is InChI=1S/C10H20N2O3/c1-4-8(3)12(6-9(13)14)5-7(2)10(11)15/h7-8H,4-6H2,1-3H3,(H2,11,15)(H,13,14). The van der Waals surface area contributed by atoms with Gasteiger partial charge in [0, 0.05) is 18.5 Å². The average Bonchev–Trinajstić information content (AvgIpc) is 2.14. The number of rotatable bonds is 7. The quantitative estimate of drug-likeness (QED) is 0.640. The van der Waals surface area contributed by atoms with Crippen LogP contribution in [-0.4, -0.2) is 41.0 Å². The lowest BCUT2D eigenvalue weighted by molar-refractivity contribution is -0.139. The molecule has 15 heavy (non-hydrogen) atoms. The van der Waals surface area contributed by atoms with Crippen LogP contribution in [0.5, 0.6) is 0 Å². The van der Waals surface area contributed by atoms with Gasteiger partial charge in [0.1, 0.15) is 0 Å². The fraction of sp³-hybridized carbons (Fsp3) is 0.800. The molecule has 0 fully saturated rings.